The van der Waals surface area contributed by atoms with E-state index in [1.54, 1.807) is 0 Å². The van der Waals surface area contributed by atoms with Gasteiger partial charge in [0.25, 0.3) is 0 Å². The normalized spacial score (nSPS) is 6.70. The molecule has 0 atom stereocenters. The minimum absolute atomic E-state index is 0. The molecule has 0 fully saturated rings. The van der Waals surface area contributed by atoms with E-state index in [1.807, 2.05) is 13.8 Å². The summed E-state index contributed by atoms with van der Waals surface area (Å²) in [5.41, 5.74) is 0.924. The van der Waals surface area contributed by atoms with Crippen molar-refractivity contribution in [3.63, 3.8) is 0 Å². The molecule has 2 nitrogen and oxygen atoms in total. The number of hydrogen-bond acceptors (Lipinski definition) is 3. The van der Waals surface area contributed by atoms with E-state index in [0.717, 1.165) is 5.71 Å². The summed E-state index contributed by atoms with van der Waals surface area (Å²) in [6.45, 7) is 4.30. The van der Waals surface area contributed by atoms with Crippen LogP contribution in [0, 0.1) is 7.43 Å². The maximum Gasteiger partial charge on any atom is 0.0951 e. The van der Waals surface area contributed by atoms with Crippen LogP contribution in [0.4, 0.5) is 0 Å². The second-order valence-corrected chi connectivity index (χ2v) is 1.98. The molecule has 0 aliphatic carbocycles. The minimum atomic E-state index is 0. The molecule has 0 amide bonds. The van der Waals surface area contributed by atoms with Gasteiger partial charge in [0.1, 0.15) is 0 Å². The second kappa shape index (κ2) is 10.7. The smallest absolute Gasteiger partial charge is 0.0951 e. The molecule has 0 N–H and O–H groups in total. The van der Waals surface area contributed by atoms with Crippen LogP contribution in [-0.4, -0.2) is 18.1 Å². The van der Waals surface area contributed by atoms with Crippen LogP contribution in [-0.2, 0) is 17.5 Å². The van der Waals surface area contributed by atoms with Gasteiger partial charge in [-0.05, 0) is 13.8 Å². The van der Waals surface area contributed by atoms with Gasteiger partial charge in [0.2, 0.25) is 0 Å². The van der Waals surface area contributed by atoms with Gasteiger partial charge in [-0.15, -0.1) is 5.75 Å². The van der Waals surface area contributed by atoms with Crippen molar-refractivity contribution < 1.29 is 4.84 Å². The van der Waals surface area contributed by atoms with Crippen LogP contribution in [0.2, 0.25) is 0 Å². The van der Waals surface area contributed by atoms with E-state index in [-0.39, 0.29) is 7.43 Å². The molecule has 0 bridgehead atoms. The summed E-state index contributed by atoms with van der Waals surface area (Å²) in [6, 6.07) is 0. The molecule has 0 aromatic heterocycles. The summed E-state index contributed by atoms with van der Waals surface area (Å²) in [4.78, 5) is 4.73. The summed E-state index contributed by atoms with van der Waals surface area (Å²) in [7, 11) is 0. The van der Waals surface area contributed by atoms with Crippen molar-refractivity contribution in [3.05, 3.63) is 7.43 Å². The Bertz CT molecular complexity index is 83.8. The molecule has 0 radical (unpaired) electrons. The Morgan fingerprint density at radius 3 is 2.30 bits per heavy atom. The number of hydrogen-bond donors (Lipinski definition) is 0. The molecule has 4 heteroatoms. The Labute approximate surface area is 62.7 Å². The van der Waals surface area contributed by atoms with Gasteiger partial charge in [-0.3, -0.25) is 0 Å². The first-order valence-corrected chi connectivity index (χ1v) is 3.06. The molecule has 0 saturated carbocycles. The average Bonchev–Trinajstić information content (AvgIpc) is 1.66. The summed E-state index contributed by atoms with van der Waals surface area (Å²) < 4.78 is 0. The molecule has 0 heterocycles. The summed E-state index contributed by atoms with van der Waals surface area (Å²) in [5.74, 6) is 0.608. The van der Waals surface area contributed by atoms with E-state index in [0.29, 0.717) is 12.4 Å². The first-order chi connectivity index (χ1) is 3.77. The van der Waals surface area contributed by atoms with Crippen LogP contribution in [0.3, 0.4) is 0 Å². The quantitative estimate of drug-likeness (QED) is 0.229. The topological polar surface area (TPSA) is 21.6 Å². The standard InChI is InChI=1S/C5H11NOS.CH3.Db/c1-5(2)6-7-3-4-8;;/h8H,3-4H2,1-2H3;1H3;/q;-1;/p-1. The molecule has 0 rings (SSSR count). The molecule has 0 spiro atoms. The number of oxime groups is 1. The fourth-order valence-electron chi connectivity index (χ4n) is 0.212. The van der Waals surface area contributed by atoms with Crippen LogP contribution in [0.5, 0.6) is 0 Å². The van der Waals surface area contributed by atoms with Crippen molar-refractivity contribution in [2.45, 2.75) is 13.8 Å². The van der Waals surface area contributed by atoms with Gasteiger partial charge in [-0.25, -0.2) is 0 Å². The third-order valence-electron chi connectivity index (χ3n) is 0.422. The van der Waals surface area contributed by atoms with Crippen LogP contribution < -0.4 is 0 Å². The molecule has 0 aromatic carbocycles. The predicted octanol–water partition coefficient (Wildman–Crippen LogP) is 1.40. The zero-order chi connectivity index (χ0) is 6.41. The van der Waals surface area contributed by atoms with Gasteiger partial charge in [0.15, 0.2) is 0 Å². The van der Waals surface area contributed by atoms with Gasteiger partial charge >= 0.3 is 0 Å². The molecule has 58 valence electrons. The molecule has 0 unspecified atom stereocenters. The Kier molecular flexibility index (Phi) is 17.1. The third-order valence-corrected chi connectivity index (χ3v) is 0.588. The van der Waals surface area contributed by atoms with Crippen molar-refractivity contribution in [1.82, 2.24) is 0 Å². The fourth-order valence-corrected chi connectivity index (χ4v) is 0.287. The van der Waals surface area contributed by atoms with Crippen molar-refractivity contribution in [3.8, 4) is 0 Å². The monoisotopic (exact) mass is 415 g/mol. The van der Waals surface area contributed by atoms with Crippen LogP contribution >= 0.6 is 0 Å². The van der Waals surface area contributed by atoms with E-state index in [1.165, 1.54) is 0 Å². The molecular weight excluding hydrogens is 402 g/mol. The van der Waals surface area contributed by atoms with E-state index >= 15 is 0 Å². The van der Waals surface area contributed by atoms with Gasteiger partial charge in [0.05, 0.1) is 12.3 Å². The summed E-state index contributed by atoms with van der Waals surface area (Å²) in [6.07, 6.45) is 0. The first kappa shape index (κ1) is 15.9. The molecule has 0 aliphatic rings. The van der Waals surface area contributed by atoms with Gasteiger partial charge in [-0.1, -0.05) is 5.16 Å². The first-order valence-electron chi connectivity index (χ1n) is 2.48. The zero-order valence-electron chi connectivity index (χ0n) is 6.89. The Balaban J connectivity index is -0.000000245. The van der Waals surface area contributed by atoms with Gasteiger partial charge < -0.3 is 24.9 Å². The van der Waals surface area contributed by atoms with Crippen molar-refractivity contribution in [2.24, 2.45) is 5.16 Å². The van der Waals surface area contributed by atoms with E-state index in [9.17, 15) is 0 Å². The molecule has 0 saturated heterocycles. The maximum absolute atomic E-state index is 4.73. The SMILES string of the molecule is CC(C)=NOCC[S-].[CH3-].[Db]. The van der Waals surface area contributed by atoms with E-state index < -0.39 is 0 Å². The van der Waals surface area contributed by atoms with Crippen molar-refractivity contribution >= 4 is 18.3 Å². The van der Waals surface area contributed by atoms with Gasteiger partial charge in [-0.2, -0.15) is 0 Å². The summed E-state index contributed by atoms with van der Waals surface area (Å²) >= 11 is 4.61. The average molecular weight is 415 g/mol. The molecular formula is C6H13DbNOS-2. The zero-order valence-corrected chi connectivity index (χ0v) is 14.1. The van der Waals surface area contributed by atoms with Gasteiger partial charge in [0, 0.05) is 0 Å². The van der Waals surface area contributed by atoms with E-state index in [4.69, 9.17) is 4.84 Å². The van der Waals surface area contributed by atoms with Crippen LogP contribution in [0.1, 0.15) is 13.8 Å². The third kappa shape index (κ3) is 15.8. The van der Waals surface area contributed by atoms with Crippen molar-refractivity contribution in [1.29, 1.82) is 0 Å². The number of rotatable bonds is 3. The maximum atomic E-state index is 4.73. The van der Waals surface area contributed by atoms with Crippen molar-refractivity contribution in [2.75, 3.05) is 12.4 Å². The number of nitrogens with zero attached hydrogens (tertiary/aromatic N) is 1. The summed E-state index contributed by atoms with van der Waals surface area (Å²) in [5, 5.41) is 3.66. The van der Waals surface area contributed by atoms with E-state index in [2.05, 4.69) is 17.8 Å². The van der Waals surface area contributed by atoms with Crippen LogP contribution in [0.15, 0.2) is 5.16 Å². The second-order valence-electron chi connectivity index (χ2n) is 1.58. The fraction of sp³-hybridized carbons (Fsp3) is 0.667. The molecule has 0 aliphatic heterocycles. The molecule has 10 heavy (non-hydrogen) atoms. The Morgan fingerprint density at radius 2 is 2.00 bits per heavy atom. The largest absolute Gasteiger partial charge is 0.789 e. The van der Waals surface area contributed by atoms with Crippen LogP contribution in [0.25, 0.3) is 0 Å². The Hall–Kier alpha value is -1.18. The molecule has 0 aromatic rings. The Morgan fingerprint density at radius 1 is 1.50 bits per heavy atom. The minimum Gasteiger partial charge on any atom is -0.789 e. The predicted molar refractivity (Wildman–Crippen MR) is 43.4 cm³/mol.